The summed E-state index contributed by atoms with van der Waals surface area (Å²) in [6.45, 7) is 1.56. The zero-order valence-corrected chi connectivity index (χ0v) is 10.5. The van der Waals surface area contributed by atoms with Crippen LogP contribution in [-0.2, 0) is 17.6 Å². The van der Waals surface area contributed by atoms with Crippen LogP contribution in [0.25, 0.3) is 10.9 Å². The van der Waals surface area contributed by atoms with Crippen LogP contribution in [0.5, 0.6) is 5.75 Å². The summed E-state index contributed by atoms with van der Waals surface area (Å²) in [6.07, 6.45) is 3.73. The molecule has 18 heavy (non-hydrogen) atoms. The number of carbonyl (C=O) groups excluding carboxylic acids is 1. The average molecular weight is 244 g/mol. The van der Waals surface area contributed by atoms with Gasteiger partial charge in [0.15, 0.2) is 0 Å². The maximum Gasteiger partial charge on any atom is 0.217 e. The molecule has 0 saturated heterocycles. The molecular weight excluding hydrogens is 228 g/mol. The molecule has 4 heteroatoms. The van der Waals surface area contributed by atoms with E-state index in [0.717, 1.165) is 24.1 Å². The molecule has 1 aromatic heterocycles. The molecule has 1 amide bonds. The minimum atomic E-state index is 0.0186. The number of hydrogen-bond acceptors (Lipinski definition) is 2. The summed E-state index contributed by atoms with van der Waals surface area (Å²) in [5.74, 6) is 0.920. The van der Waals surface area contributed by atoms with Gasteiger partial charge in [-0.05, 0) is 30.5 Å². The molecule has 4 nitrogen and oxygen atoms in total. The van der Waals surface area contributed by atoms with Gasteiger partial charge in [-0.2, -0.15) is 0 Å². The molecule has 0 fully saturated rings. The molecule has 0 unspecified atom stereocenters. The molecule has 1 aromatic carbocycles. The molecule has 0 spiro atoms. The smallest absolute Gasteiger partial charge is 0.217 e. The van der Waals surface area contributed by atoms with Crippen LogP contribution < -0.4 is 10.1 Å². The van der Waals surface area contributed by atoms with E-state index in [9.17, 15) is 4.79 Å². The molecule has 1 aliphatic rings. The van der Waals surface area contributed by atoms with Crippen molar-refractivity contribution in [1.82, 2.24) is 10.3 Å². The van der Waals surface area contributed by atoms with Gasteiger partial charge in [-0.3, -0.25) is 4.79 Å². The second-order valence-electron chi connectivity index (χ2n) is 4.79. The molecular formula is C14H16N2O2. The maximum atomic E-state index is 11.2. The molecule has 1 aliphatic carbocycles. The number of rotatable bonds is 2. The van der Waals surface area contributed by atoms with E-state index >= 15 is 0 Å². The Morgan fingerprint density at radius 1 is 1.44 bits per heavy atom. The summed E-state index contributed by atoms with van der Waals surface area (Å²) < 4.78 is 5.43. The zero-order valence-electron chi connectivity index (χ0n) is 10.5. The van der Waals surface area contributed by atoms with Crippen LogP contribution in [-0.4, -0.2) is 24.0 Å². The third-order valence-corrected chi connectivity index (χ3v) is 3.54. The van der Waals surface area contributed by atoms with E-state index in [4.69, 9.17) is 4.74 Å². The van der Waals surface area contributed by atoms with Crippen LogP contribution >= 0.6 is 0 Å². The molecule has 94 valence electrons. The van der Waals surface area contributed by atoms with E-state index in [2.05, 4.69) is 10.3 Å². The molecule has 0 radical (unpaired) electrons. The van der Waals surface area contributed by atoms with Crippen LogP contribution in [0.3, 0.4) is 0 Å². The highest BCUT2D eigenvalue weighted by atomic mass is 16.5. The summed E-state index contributed by atoms with van der Waals surface area (Å²) in [4.78, 5) is 14.5. The number of H-pyrrole nitrogens is 1. The van der Waals surface area contributed by atoms with Gasteiger partial charge in [-0.1, -0.05) is 0 Å². The van der Waals surface area contributed by atoms with Gasteiger partial charge in [0.25, 0.3) is 0 Å². The van der Waals surface area contributed by atoms with Gasteiger partial charge < -0.3 is 15.0 Å². The lowest BCUT2D eigenvalue weighted by Gasteiger charge is -2.24. The van der Waals surface area contributed by atoms with E-state index in [1.807, 2.05) is 18.3 Å². The predicted molar refractivity (Wildman–Crippen MR) is 69.9 cm³/mol. The summed E-state index contributed by atoms with van der Waals surface area (Å²) >= 11 is 0. The molecule has 0 saturated carbocycles. The number of amides is 1. The molecule has 2 aromatic rings. The highest BCUT2D eigenvalue weighted by Gasteiger charge is 2.24. The monoisotopic (exact) mass is 244 g/mol. The lowest BCUT2D eigenvalue weighted by molar-refractivity contribution is -0.119. The third kappa shape index (κ3) is 1.65. The van der Waals surface area contributed by atoms with Crippen molar-refractivity contribution in [2.45, 2.75) is 25.8 Å². The van der Waals surface area contributed by atoms with Crippen LogP contribution in [0.1, 0.15) is 18.1 Å². The fraction of sp³-hybridized carbons (Fsp3) is 0.357. The van der Waals surface area contributed by atoms with Crippen molar-refractivity contribution < 1.29 is 9.53 Å². The van der Waals surface area contributed by atoms with Crippen molar-refractivity contribution in [3.05, 3.63) is 29.5 Å². The number of ether oxygens (including phenoxy) is 1. The SMILES string of the molecule is COc1ccc2[nH]cc3c2c1C[C@H](NC(C)=O)C3. The molecule has 0 bridgehead atoms. The van der Waals surface area contributed by atoms with Crippen LogP contribution in [0.15, 0.2) is 18.3 Å². The average Bonchev–Trinajstić information content (AvgIpc) is 2.73. The first-order valence-electron chi connectivity index (χ1n) is 6.12. The topological polar surface area (TPSA) is 54.1 Å². The van der Waals surface area contributed by atoms with Crippen LogP contribution in [0.4, 0.5) is 0 Å². The van der Waals surface area contributed by atoms with Crippen LogP contribution in [0, 0.1) is 0 Å². The molecule has 3 rings (SSSR count). The first kappa shape index (κ1) is 11.1. The van der Waals surface area contributed by atoms with E-state index in [1.165, 1.54) is 16.5 Å². The van der Waals surface area contributed by atoms with Crippen molar-refractivity contribution in [3.8, 4) is 5.75 Å². The Hall–Kier alpha value is -1.97. The minimum Gasteiger partial charge on any atom is -0.496 e. The largest absolute Gasteiger partial charge is 0.496 e. The maximum absolute atomic E-state index is 11.2. The Bertz CT molecular complexity index is 616. The lowest BCUT2D eigenvalue weighted by Crippen LogP contribution is -2.38. The fourth-order valence-electron chi connectivity index (χ4n) is 2.88. The van der Waals surface area contributed by atoms with Gasteiger partial charge in [-0.25, -0.2) is 0 Å². The summed E-state index contributed by atoms with van der Waals surface area (Å²) in [5.41, 5.74) is 3.59. The predicted octanol–water partition coefficient (Wildman–Crippen LogP) is 1.78. The highest BCUT2D eigenvalue weighted by Crippen LogP contribution is 2.35. The molecule has 1 atom stereocenters. The molecule has 1 heterocycles. The van der Waals surface area contributed by atoms with E-state index in [1.54, 1.807) is 14.0 Å². The molecule has 2 N–H and O–H groups in total. The Morgan fingerprint density at radius 2 is 2.28 bits per heavy atom. The number of carbonyl (C=O) groups is 1. The fourth-order valence-corrected chi connectivity index (χ4v) is 2.88. The van der Waals surface area contributed by atoms with Crippen molar-refractivity contribution in [2.24, 2.45) is 0 Å². The van der Waals surface area contributed by atoms with Gasteiger partial charge in [0, 0.05) is 35.6 Å². The number of nitrogens with one attached hydrogen (secondary N) is 2. The van der Waals surface area contributed by atoms with Crippen molar-refractivity contribution in [2.75, 3.05) is 7.11 Å². The lowest BCUT2D eigenvalue weighted by atomic mass is 9.88. The molecule has 0 aliphatic heterocycles. The highest BCUT2D eigenvalue weighted by molar-refractivity contribution is 5.90. The summed E-state index contributed by atoms with van der Waals surface area (Å²) in [5, 5.41) is 4.26. The van der Waals surface area contributed by atoms with E-state index in [0.29, 0.717) is 0 Å². The van der Waals surface area contributed by atoms with E-state index < -0.39 is 0 Å². The second-order valence-corrected chi connectivity index (χ2v) is 4.79. The van der Waals surface area contributed by atoms with Crippen molar-refractivity contribution >= 4 is 16.8 Å². The van der Waals surface area contributed by atoms with Crippen molar-refractivity contribution in [1.29, 1.82) is 0 Å². The summed E-state index contributed by atoms with van der Waals surface area (Å²) in [7, 11) is 1.69. The number of aromatic nitrogens is 1. The van der Waals surface area contributed by atoms with Gasteiger partial charge in [0.05, 0.1) is 7.11 Å². The normalized spacial score (nSPS) is 17.8. The van der Waals surface area contributed by atoms with Gasteiger partial charge in [0.2, 0.25) is 5.91 Å². The Kier molecular flexibility index (Phi) is 2.51. The Balaban J connectivity index is 2.09. The van der Waals surface area contributed by atoms with Crippen LogP contribution in [0.2, 0.25) is 0 Å². The number of aromatic amines is 1. The first-order chi connectivity index (χ1) is 8.69. The number of benzene rings is 1. The number of hydrogen-bond donors (Lipinski definition) is 2. The Labute approximate surface area is 105 Å². The van der Waals surface area contributed by atoms with Gasteiger partial charge in [-0.15, -0.1) is 0 Å². The quantitative estimate of drug-likeness (QED) is 0.846. The second kappa shape index (κ2) is 4.05. The van der Waals surface area contributed by atoms with E-state index in [-0.39, 0.29) is 11.9 Å². The number of methoxy groups -OCH3 is 1. The standard InChI is InChI=1S/C14H16N2O2/c1-8(17)16-10-5-9-7-15-12-3-4-13(18-2)11(6-10)14(9)12/h3-4,7,10,15H,5-6H2,1-2H3,(H,16,17)/t10-/m1/s1. The minimum absolute atomic E-state index is 0.0186. The summed E-state index contributed by atoms with van der Waals surface area (Å²) in [6, 6.07) is 4.18. The third-order valence-electron chi connectivity index (χ3n) is 3.54. The van der Waals surface area contributed by atoms with Gasteiger partial charge in [0.1, 0.15) is 5.75 Å². The van der Waals surface area contributed by atoms with Crippen molar-refractivity contribution in [3.63, 3.8) is 0 Å². The Morgan fingerprint density at radius 3 is 3.00 bits per heavy atom. The zero-order chi connectivity index (χ0) is 12.7. The first-order valence-corrected chi connectivity index (χ1v) is 6.12. The van der Waals surface area contributed by atoms with Gasteiger partial charge >= 0.3 is 0 Å².